The molecular formula is C22H26Cl2N4O3. The monoisotopic (exact) mass is 464 g/mol. The summed E-state index contributed by atoms with van der Waals surface area (Å²) in [6, 6.07) is 12.2. The maximum absolute atomic E-state index is 12.5. The number of amides is 2. The van der Waals surface area contributed by atoms with Crippen LogP contribution in [0, 0.1) is 0 Å². The van der Waals surface area contributed by atoms with E-state index in [2.05, 4.69) is 15.5 Å². The van der Waals surface area contributed by atoms with Gasteiger partial charge in [-0.1, -0.05) is 29.3 Å². The van der Waals surface area contributed by atoms with Crippen LogP contribution < -0.4 is 15.5 Å². The Morgan fingerprint density at radius 3 is 2.45 bits per heavy atom. The quantitative estimate of drug-likeness (QED) is 0.652. The van der Waals surface area contributed by atoms with Gasteiger partial charge in [0, 0.05) is 24.5 Å². The lowest BCUT2D eigenvalue weighted by atomic mass is 10.2. The Bertz CT molecular complexity index is 917. The number of nitrogens with zero attached hydrogens (tertiary/aromatic N) is 2. The summed E-state index contributed by atoms with van der Waals surface area (Å²) in [6.07, 6.45) is 0. The number of morpholine rings is 1. The Kier molecular flexibility index (Phi) is 8.15. The number of benzene rings is 2. The van der Waals surface area contributed by atoms with E-state index in [0.29, 0.717) is 16.4 Å². The summed E-state index contributed by atoms with van der Waals surface area (Å²) >= 11 is 12.1. The van der Waals surface area contributed by atoms with Crippen LogP contribution in [0.2, 0.25) is 10.0 Å². The molecule has 0 aromatic heterocycles. The number of nitrogens with one attached hydrogen (secondary N) is 2. The fourth-order valence-corrected chi connectivity index (χ4v) is 3.53. The molecule has 1 heterocycles. The molecule has 2 aromatic rings. The number of ether oxygens (including phenoxy) is 1. The summed E-state index contributed by atoms with van der Waals surface area (Å²) in [5, 5.41) is 6.26. The highest BCUT2D eigenvalue weighted by atomic mass is 35.5. The molecule has 7 nitrogen and oxygen atoms in total. The maximum Gasteiger partial charge on any atom is 0.241 e. The third kappa shape index (κ3) is 6.33. The van der Waals surface area contributed by atoms with Crippen LogP contribution in [0.1, 0.15) is 6.92 Å². The highest BCUT2D eigenvalue weighted by Gasteiger charge is 2.21. The summed E-state index contributed by atoms with van der Waals surface area (Å²) in [6.45, 7) is 4.94. The second-order valence-electron chi connectivity index (χ2n) is 7.38. The first kappa shape index (κ1) is 23.3. The molecule has 0 spiro atoms. The van der Waals surface area contributed by atoms with E-state index in [4.69, 9.17) is 27.9 Å². The summed E-state index contributed by atoms with van der Waals surface area (Å²) in [5.74, 6) is -0.489. The van der Waals surface area contributed by atoms with E-state index < -0.39 is 6.04 Å². The number of anilines is 3. The van der Waals surface area contributed by atoms with Crippen molar-refractivity contribution in [3.63, 3.8) is 0 Å². The SMILES string of the molecule is CC(C(=O)Nc1cccc(Cl)c1Cl)N(C)CC(=O)Nc1ccc(N2CCOCC2)cc1. The predicted molar refractivity (Wildman–Crippen MR) is 125 cm³/mol. The largest absolute Gasteiger partial charge is 0.378 e. The third-order valence-corrected chi connectivity index (χ3v) is 5.99. The molecule has 0 saturated carbocycles. The van der Waals surface area contributed by atoms with Gasteiger partial charge in [0.25, 0.3) is 0 Å². The van der Waals surface area contributed by atoms with Crippen molar-refractivity contribution < 1.29 is 14.3 Å². The Balaban J connectivity index is 1.51. The van der Waals surface area contributed by atoms with E-state index in [1.54, 1.807) is 37.1 Å². The van der Waals surface area contributed by atoms with E-state index in [1.165, 1.54) is 0 Å². The minimum absolute atomic E-state index is 0.0586. The Morgan fingerprint density at radius 2 is 1.77 bits per heavy atom. The van der Waals surface area contributed by atoms with E-state index in [9.17, 15) is 9.59 Å². The van der Waals surface area contributed by atoms with Crippen LogP contribution in [0.3, 0.4) is 0 Å². The third-order valence-electron chi connectivity index (χ3n) is 5.17. The fourth-order valence-electron chi connectivity index (χ4n) is 3.18. The minimum Gasteiger partial charge on any atom is -0.378 e. The molecule has 9 heteroatoms. The van der Waals surface area contributed by atoms with Crippen molar-refractivity contribution in [2.45, 2.75) is 13.0 Å². The van der Waals surface area contributed by atoms with Gasteiger partial charge in [-0.2, -0.15) is 0 Å². The Hall–Kier alpha value is -2.32. The number of hydrogen-bond acceptors (Lipinski definition) is 5. The Labute approximate surface area is 192 Å². The zero-order chi connectivity index (χ0) is 22.4. The molecule has 2 N–H and O–H groups in total. The lowest BCUT2D eigenvalue weighted by molar-refractivity contribution is -0.122. The van der Waals surface area contributed by atoms with Gasteiger partial charge in [0.2, 0.25) is 11.8 Å². The molecule has 1 aliphatic rings. The molecule has 2 amide bonds. The second kappa shape index (κ2) is 10.8. The van der Waals surface area contributed by atoms with Crippen LogP contribution in [0.25, 0.3) is 0 Å². The molecule has 3 rings (SSSR count). The average Bonchev–Trinajstić information content (AvgIpc) is 2.77. The summed E-state index contributed by atoms with van der Waals surface area (Å²) in [5.41, 5.74) is 2.24. The van der Waals surface area contributed by atoms with Crippen LogP contribution in [0.15, 0.2) is 42.5 Å². The second-order valence-corrected chi connectivity index (χ2v) is 8.16. The number of rotatable bonds is 7. The van der Waals surface area contributed by atoms with Gasteiger partial charge in [-0.15, -0.1) is 0 Å². The smallest absolute Gasteiger partial charge is 0.241 e. The van der Waals surface area contributed by atoms with Crippen molar-refractivity contribution in [1.29, 1.82) is 0 Å². The normalized spacial score (nSPS) is 14.9. The van der Waals surface area contributed by atoms with Crippen molar-refractivity contribution in [3.8, 4) is 0 Å². The summed E-state index contributed by atoms with van der Waals surface area (Å²) < 4.78 is 5.37. The lowest BCUT2D eigenvalue weighted by Gasteiger charge is -2.29. The first-order valence-corrected chi connectivity index (χ1v) is 10.8. The van der Waals surface area contributed by atoms with Gasteiger partial charge < -0.3 is 20.3 Å². The first-order chi connectivity index (χ1) is 14.8. The number of hydrogen-bond donors (Lipinski definition) is 2. The first-order valence-electron chi connectivity index (χ1n) is 10.0. The highest BCUT2D eigenvalue weighted by Crippen LogP contribution is 2.29. The van der Waals surface area contributed by atoms with Crippen LogP contribution >= 0.6 is 23.2 Å². The molecule has 2 aromatic carbocycles. The van der Waals surface area contributed by atoms with Crippen molar-refractivity contribution in [2.24, 2.45) is 0 Å². The molecule has 1 unspecified atom stereocenters. The van der Waals surface area contributed by atoms with E-state index in [1.807, 2.05) is 24.3 Å². The average molecular weight is 465 g/mol. The predicted octanol–water partition coefficient (Wildman–Crippen LogP) is 3.73. The summed E-state index contributed by atoms with van der Waals surface area (Å²) in [7, 11) is 1.71. The maximum atomic E-state index is 12.5. The highest BCUT2D eigenvalue weighted by molar-refractivity contribution is 6.44. The van der Waals surface area contributed by atoms with Crippen molar-refractivity contribution in [2.75, 3.05) is 55.4 Å². The Morgan fingerprint density at radius 1 is 1.10 bits per heavy atom. The van der Waals surface area contributed by atoms with Gasteiger partial charge in [0.1, 0.15) is 0 Å². The van der Waals surface area contributed by atoms with Gasteiger partial charge in [0.05, 0.1) is 41.5 Å². The molecule has 31 heavy (non-hydrogen) atoms. The van der Waals surface area contributed by atoms with Crippen molar-refractivity contribution in [1.82, 2.24) is 4.90 Å². The van der Waals surface area contributed by atoms with Crippen LogP contribution in [0.5, 0.6) is 0 Å². The molecule has 0 radical (unpaired) electrons. The lowest BCUT2D eigenvalue weighted by Crippen LogP contribution is -2.43. The molecule has 0 aliphatic carbocycles. The van der Waals surface area contributed by atoms with E-state index in [0.717, 1.165) is 32.0 Å². The van der Waals surface area contributed by atoms with Crippen molar-refractivity contribution in [3.05, 3.63) is 52.5 Å². The zero-order valence-corrected chi connectivity index (χ0v) is 19.0. The number of carbonyl (C=O) groups is 2. The van der Waals surface area contributed by atoms with Crippen LogP contribution in [-0.2, 0) is 14.3 Å². The molecular weight excluding hydrogens is 439 g/mol. The molecule has 166 valence electrons. The molecule has 1 saturated heterocycles. The standard InChI is InChI=1S/C22H26Cl2N4O3/c1-15(22(30)26-19-5-3-4-18(23)21(19)24)27(2)14-20(29)25-16-6-8-17(9-7-16)28-10-12-31-13-11-28/h3-9,15H,10-14H2,1-2H3,(H,25,29)(H,26,30). The van der Waals surface area contributed by atoms with E-state index >= 15 is 0 Å². The topological polar surface area (TPSA) is 73.9 Å². The van der Waals surface area contributed by atoms with Gasteiger partial charge in [0.15, 0.2) is 0 Å². The van der Waals surface area contributed by atoms with Gasteiger partial charge >= 0.3 is 0 Å². The van der Waals surface area contributed by atoms with Gasteiger partial charge in [-0.3, -0.25) is 14.5 Å². The number of halogens is 2. The fraction of sp³-hybridized carbons (Fsp3) is 0.364. The summed E-state index contributed by atoms with van der Waals surface area (Å²) in [4.78, 5) is 28.9. The molecule has 0 bridgehead atoms. The molecule has 1 atom stereocenters. The van der Waals surface area contributed by atoms with E-state index in [-0.39, 0.29) is 23.4 Å². The number of likely N-dealkylation sites (N-methyl/N-ethyl adjacent to an activating group) is 1. The van der Waals surface area contributed by atoms with Crippen molar-refractivity contribution >= 4 is 52.1 Å². The molecule has 1 fully saturated rings. The number of carbonyl (C=O) groups excluding carboxylic acids is 2. The van der Waals surface area contributed by atoms with Crippen LogP contribution in [-0.4, -0.2) is 62.7 Å². The minimum atomic E-state index is -0.551. The van der Waals surface area contributed by atoms with Gasteiger partial charge in [-0.25, -0.2) is 0 Å². The molecule has 1 aliphatic heterocycles. The van der Waals surface area contributed by atoms with Gasteiger partial charge in [-0.05, 0) is 50.4 Å². The van der Waals surface area contributed by atoms with Crippen LogP contribution in [0.4, 0.5) is 17.1 Å². The zero-order valence-electron chi connectivity index (χ0n) is 17.5.